The van der Waals surface area contributed by atoms with Crippen LogP contribution in [0, 0.1) is 0 Å². The second kappa shape index (κ2) is 5.34. The van der Waals surface area contributed by atoms with Gasteiger partial charge in [-0.3, -0.25) is 4.79 Å². The average Bonchev–Trinajstić information content (AvgIpc) is 2.48. The van der Waals surface area contributed by atoms with Crippen molar-refractivity contribution in [3.05, 3.63) is 28.7 Å². The molecule has 86 valence electrons. The molecule has 0 saturated carbocycles. The fourth-order valence-electron chi connectivity index (χ4n) is 1.84. The Morgan fingerprint density at radius 1 is 1.31 bits per heavy atom. The molecule has 1 atom stereocenters. The molecule has 0 aromatic heterocycles. The van der Waals surface area contributed by atoms with Gasteiger partial charge in [0.1, 0.15) is 6.04 Å². The van der Waals surface area contributed by atoms with E-state index in [0.29, 0.717) is 0 Å². The number of hydrogen-bond donors (Lipinski definition) is 2. The van der Waals surface area contributed by atoms with Crippen LogP contribution in [0.3, 0.4) is 0 Å². The standard InChI is InChI=1S/C12H15BrN2O/c13-9-5-1-2-6-10(9)15-11-7-3-4-8-14-12(11)16/h1-2,5-6,11,15H,3-4,7-8H2,(H,14,16). The summed E-state index contributed by atoms with van der Waals surface area (Å²) in [5.74, 6) is 0.105. The van der Waals surface area contributed by atoms with Crippen LogP contribution in [0.5, 0.6) is 0 Å². The summed E-state index contributed by atoms with van der Waals surface area (Å²) in [6.45, 7) is 0.799. The number of nitrogens with one attached hydrogen (secondary N) is 2. The molecular weight excluding hydrogens is 268 g/mol. The molecule has 1 unspecified atom stereocenters. The number of halogens is 1. The SMILES string of the molecule is O=C1NCCCCC1Nc1ccccc1Br. The maximum Gasteiger partial charge on any atom is 0.242 e. The number of para-hydroxylation sites is 1. The van der Waals surface area contributed by atoms with E-state index in [0.717, 1.165) is 36.0 Å². The van der Waals surface area contributed by atoms with E-state index in [1.54, 1.807) is 0 Å². The minimum Gasteiger partial charge on any atom is -0.373 e. The maximum atomic E-state index is 11.7. The van der Waals surface area contributed by atoms with E-state index in [1.165, 1.54) is 0 Å². The predicted octanol–water partition coefficient (Wildman–Crippen LogP) is 2.53. The zero-order valence-electron chi connectivity index (χ0n) is 9.00. The lowest BCUT2D eigenvalue weighted by atomic mass is 10.1. The Bertz CT molecular complexity index is 381. The summed E-state index contributed by atoms with van der Waals surface area (Å²) in [7, 11) is 0. The molecule has 1 aliphatic rings. The number of hydrogen-bond acceptors (Lipinski definition) is 2. The third kappa shape index (κ3) is 2.76. The van der Waals surface area contributed by atoms with Crippen LogP contribution in [-0.4, -0.2) is 18.5 Å². The first kappa shape index (κ1) is 11.5. The summed E-state index contributed by atoms with van der Waals surface area (Å²) >= 11 is 3.47. The third-order valence-corrected chi connectivity index (χ3v) is 3.43. The zero-order chi connectivity index (χ0) is 11.4. The summed E-state index contributed by atoms with van der Waals surface area (Å²) in [5, 5.41) is 6.20. The largest absolute Gasteiger partial charge is 0.373 e. The van der Waals surface area contributed by atoms with Crippen LogP contribution < -0.4 is 10.6 Å². The Hall–Kier alpha value is -1.03. The van der Waals surface area contributed by atoms with E-state index in [2.05, 4.69) is 26.6 Å². The number of rotatable bonds is 2. The second-order valence-corrected chi connectivity index (χ2v) is 4.82. The van der Waals surface area contributed by atoms with Crippen LogP contribution in [0.1, 0.15) is 19.3 Å². The van der Waals surface area contributed by atoms with E-state index >= 15 is 0 Å². The van der Waals surface area contributed by atoms with Crippen LogP contribution in [0.2, 0.25) is 0 Å². The number of carbonyl (C=O) groups excluding carboxylic acids is 1. The molecule has 1 saturated heterocycles. The van der Waals surface area contributed by atoms with Crippen molar-refractivity contribution in [2.45, 2.75) is 25.3 Å². The highest BCUT2D eigenvalue weighted by Crippen LogP contribution is 2.23. The van der Waals surface area contributed by atoms with Crippen molar-refractivity contribution in [1.82, 2.24) is 5.32 Å². The minimum absolute atomic E-state index is 0.105. The lowest BCUT2D eigenvalue weighted by molar-refractivity contribution is -0.121. The molecule has 1 aliphatic heterocycles. The highest BCUT2D eigenvalue weighted by Gasteiger charge is 2.20. The number of carbonyl (C=O) groups is 1. The molecule has 16 heavy (non-hydrogen) atoms. The molecule has 0 spiro atoms. The number of anilines is 1. The van der Waals surface area contributed by atoms with E-state index in [1.807, 2.05) is 24.3 Å². The van der Waals surface area contributed by atoms with Crippen molar-refractivity contribution in [3.63, 3.8) is 0 Å². The van der Waals surface area contributed by atoms with E-state index in [-0.39, 0.29) is 11.9 Å². The summed E-state index contributed by atoms with van der Waals surface area (Å²) in [6, 6.07) is 7.75. The van der Waals surface area contributed by atoms with Crippen molar-refractivity contribution in [1.29, 1.82) is 0 Å². The predicted molar refractivity (Wildman–Crippen MR) is 68.4 cm³/mol. The Morgan fingerprint density at radius 3 is 2.94 bits per heavy atom. The van der Waals surface area contributed by atoms with Crippen LogP contribution in [0.15, 0.2) is 28.7 Å². The Balaban J connectivity index is 2.08. The Labute approximate surface area is 104 Å². The van der Waals surface area contributed by atoms with Gasteiger partial charge >= 0.3 is 0 Å². The topological polar surface area (TPSA) is 41.1 Å². The quantitative estimate of drug-likeness (QED) is 0.875. The molecule has 0 aliphatic carbocycles. The highest BCUT2D eigenvalue weighted by atomic mass is 79.9. The minimum atomic E-state index is -0.110. The molecule has 2 rings (SSSR count). The van der Waals surface area contributed by atoms with Gasteiger partial charge in [-0.05, 0) is 47.3 Å². The van der Waals surface area contributed by atoms with Gasteiger partial charge in [-0.2, -0.15) is 0 Å². The summed E-state index contributed by atoms with van der Waals surface area (Å²) in [5.41, 5.74) is 0.976. The molecule has 1 aromatic rings. The monoisotopic (exact) mass is 282 g/mol. The molecular formula is C12H15BrN2O. The normalized spacial score (nSPS) is 21.1. The maximum absolute atomic E-state index is 11.7. The van der Waals surface area contributed by atoms with Crippen molar-refractivity contribution in [2.75, 3.05) is 11.9 Å². The first-order valence-electron chi connectivity index (χ1n) is 5.56. The van der Waals surface area contributed by atoms with E-state index < -0.39 is 0 Å². The number of benzene rings is 1. The van der Waals surface area contributed by atoms with Gasteiger partial charge in [0.05, 0.1) is 0 Å². The van der Waals surface area contributed by atoms with Crippen LogP contribution in [-0.2, 0) is 4.79 Å². The van der Waals surface area contributed by atoms with Gasteiger partial charge in [0.2, 0.25) is 5.91 Å². The van der Waals surface area contributed by atoms with Crippen LogP contribution in [0.4, 0.5) is 5.69 Å². The lowest BCUT2D eigenvalue weighted by Crippen LogP contribution is -2.37. The summed E-state index contributed by atoms with van der Waals surface area (Å²) in [4.78, 5) is 11.7. The summed E-state index contributed by atoms with van der Waals surface area (Å²) in [6.07, 6.45) is 3.05. The average molecular weight is 283 g/mol. The Morgan fingerprint density at radius 2 is 2.12 bits per heavy atom. The molecule has 1 aromatic carbocycles. The lowest BCUT2D eigenvalue weighted by Gasteiger charge is -2.17. The van der Waals surface area contributed by atoms with Crippen LogP contribution >= 0.6 is 15.9 Å². The van der Waals surface area contributed by atoms with E-state index in [9.17, 15) is 4.79 Å². The van der Waals surface area contributed by atoms with Crippen molar-refractivity contribution >= 4 is 27.5 Å². The molecule has 2 N–H and O–H groups in total. The fourth-order valence-corrected chi connectivity index (χ4v) is 2.24. The second-order valence-electron chi connectivity index (χ2n) is 3.96. The molecule has 0 radical (unpaired) electrons. The van der Waals surface area contributed by atoms with Crippen molar-refractivity contribution < 1.29 is 4.79 Å². The van der Waals surface area contributed by atoms with Crippen molar-refractivity contribution in [2.24, 2.45) is 0 Å². The van der Waals surface area contributed by atoms with Gasteiger partial charge in [0.25, 0.3) is 0 Å². The fraction of sp³-hybridized carbons (Fsp3) is 0.417. The van der Waals surface area contributed by atoms with Gasteiger partial charge in [0.15, 0.2) is 0 Å². The smallest absolute Gasteiger partial charge is 0.242 e. The molecule has 1 fully saturated rings. The van der Waals surface area contributed by atoms with Gasteiger partial charge in [-0.1, -0.05) is 12.1 Å². The molecule has 3 nitrogen and oxygen atoms in total. The first-order valence-corrected chi connectivity index (χ1v) is 6.35. The third-order valence-electron chi connectivity index (χ3n) is 2.74. The molecule has 4 heteroatoms. The highest BCUT2D eigenvalue weighted by molar-refractivity contribution is 9.10. The Kier molecular flexibility index (Phi) is 3.83. The van der Waals surface area contributed by atoms with Gasteiger partial charge in [0, 0.05) is 16.7 Å². The molecule has 0 bridgehead atoms. The first-order chi connectivity index (χ1) is 7.77. The van der Waals surface area contributed by atoms with Gasteiger partial charge in [-0.25, -0.2) is 0 Å². The molecule has 1 amide bonds. The van der Waals surface area contributed by atoms with Gasteiger partial charge < -0.3 is 10.6 Å². The van der Waals surface area contributed by atoms with Crippen molar-refractivity contribution in [3.8, 4) is 0 Å². The zero-order valence-corrected chi connectivity index (χ0v) is 10.6. The summed E-state index contributed by atoms with van der Waals surface area (Å²) < 4.78 is 0.993. The van der Waals surface area contributed by atoms with Crippen LogP contribution in [0.25, 0.3) is 0 Å². The van der Waals surface area contributed by atoms with E-state index in [4.69, 9.17) is 0 Å². The molecule has 1 heterocycles. The van der Waals surface area contributed by atoms with Gasteiger partial charge in [-0.15, -0.1) is 0 Å². The number of amides is 1.